The van der Waals surface area contributed by atoms with Crippen molar-refractivity contribution in [3.05, 3.63) is 24.3 Å². The van der Waals surface area contributed by atoms with E-state index in [0.29, 0.717) is 16.3 Å². The maximum Gasteiger partial charge on any atom is 0.406 e. The minimum absolute atomic E-state index is 0.337. The van der Waals surface area contributed by atoms with Crippen LogP contribution in [0.2, 0.25) is 0 Å². The molecule has 18 heavy (non-hydrogen) atoms. The molecule has 1 aromatic rings. The third-order valence-electron chi connectivity index (χ3n) is 2.06. The molecule has 1 aromatic carbocycles. The maximum absolute atomic E-state index is 12.0. The standard InChI is InChI=1S/C11H13F3N2O2/c1-16(7-11(12,13)14)10(17)6-18-9-4-2-3-8(15)5-9/h2-5H,6-7,15H2,1H3. The highest BCUT2D eigenvalue weighted by molar-refractivity contribution is 5.77. The van der Waals surface area contributed by atoms with Gasteiger partial charge in [-0.3, -0.25) is 4.79 Å². The van der Waals surface area contributed by atoms with Gasteiger partial charge in [0.2, 0.25) is 0 Å². The van der Waals surface area contributed by atoms with Crippen molar-refractivity contribution in [1.29, 1.82) is 0 Å². The topological polar surface area (TPSA) is 55.6 Å². The number of anilines is 1. The Morgan fingerprint density at radius 1 is 1.44 bits per heavy atom. The van der Waals surface area contributed by atoms with Crippen LogP contribution in [-0.2, 0) is 4.79 Å². The first-order chi connectivity index (χ1) is 8.28. The predicted molar refractivity (Wildman–Crippen MR) is 60.0 cm³/mol. The number of nitrogen functional groups attached to an aromatic ring is 1. The molecule has 0 aromatic heterocycles. The highest BCUT2D eigenvalue weighted by Crippen LogP contribution is 2.16. The summed E-state index contributed by atoms with van der Waals surface area (Å²) in [5.74, 6) is -0.418. The SMILES string of the molecule is CN(CC(F)(F)F)C(=O)COc1cccc(N)c1. The Labute approximate surface area is 102 Å². The maximum atomic E-state index is 12.0. The second-order valence-corrected chi connectivity index (χ2v) is 3.73. The second kappa shape index (κ2) is 5.61. The van der Waals surface area contributed by atoms with E-state index in [-0.39, 0.29) is 0 Å². The van der Waals surface area contributed by atoms with E-state index in [0.717, 1.165) is 7.05 Å². The summed E-state index contributed by atoms with van der Waals surface area (Å²) in [6.07, 6.45) is -4.42. The molecular weight excluding hydrogens is 249 g/mol. The molecule has 100 valence electrons. The van der Waals surface area contributed by atoms with Crippen LogP contribution >= 0.6 is 0 Å². The molecule has 2 N–H and O–H groups in total. The third-order valence-corrected chi connectivity index (χ3v) is 2.06. The van der Waals surface area contributed by atoms with E-state index in [4.69, 9.17) is 10.5 Å². The lowest BCUT2D eigenvalue weighted by molar-refractivity contribution is -0.159. The Hall–Kier alpha value is -1.92. The van der Waals surface area contributed by atoms with Crippen molar-refractivity contribution >= 4 is 11.6 Å². The van der Waals surface area contributed by atoms with Crippen molar-refractivity contribution in [3.63, 3.8) is 0 Å². The van der Waals surface area contributed by atoms with E-state index in [1.54, 1.807) is 18.2 Å². The molecule has 0 heterocycles. The average Bonchev–Trinajstić information content (AvgIpc) is 2.23. The molecular formula is C11H13F3N2O2. The van der Waals surface area contributed by atoms with Gasteiger partial charge in [0.05, 0.1) is 0 Å². The van der Waals surface area contributed by atoms with Crippen molar-refractivity contribution in [2.45, 2.75) is 6.18 Å². The number of nitrogens with two attached hydrogens (primary N) is 1. The van der Waals surface area contributed by atoms with Crippen LogP contribution in [0, 0.1) is 0 Å². The van der Waals surface area contributed by atoms with E-state index < -0.39 is 25.2 Å². The first kappa shape index (κ1) is 14.1. The molecule has 0 aliphatic heterocycles. The van der Waals surface area contributed by atoms with Crippen molar-refractivity contribution in [2.24, 2.45) is 0 Å². The number of alkyl halides is 3. The quantitative estimate of drug-likeness (QED) is 0.840. The summed E-state index contributed by atoms with van der Waals surface area (Å²) in [6, 6.07) is 6.30. The van der Waals surface area contributed by atoms with Gasteiger partial charge in [0, 0.05) is 18.8 Å². The number of carbonyl (C=O) groups is 1. The van der Waals surface area contributed by atoms with Crippen molar-refractivity contribution in [1.82, 2.24) is 4.90 Å². The number of rotatable bonds is 4. The van der Waals surface area contributed by atoms with Gasteiger partial charge in [-0.15, -0.1) is 0 Å². The van der Waals surface area contributed by atoms with Crippen molar-refractivity contribution < 1.29 is 22.7 Å². The van der Waals surface area contributed by atoms with Gasteiger partial charge in [-0.1, -0.05) is 6.07 Å². The molecule has 0 radical (unpaired) electrons. The fourth-order valence-electron chi connectivity index (χ4n) is 1.22. The van der Waals surface area contributed by atoms with Gasteiger partial charge in [-0.25, -0.2) is 0 Å². The number of carbonyl (C=O) groups excluding carboxylic acids is 1. The lowest BCUT2D eigenvalue weighted by Crippen LogP contribution is -2.38. The van der Waals surface area contributed by atoms with Gasteiger partial charge in [0.15, 0.2) is 6.61 Å². The zero-order chi connectivity index (χ0) is 13.8. The number of nitrogens with zero attached hydrogens (tertiary/aromatic N) is 1. The van der Waals surface area contributed by atoms with Gasteiger partial charge in [0.1, 0.15) is 12.3 Å². The molecule has 4 nitrogen and oxygen atoms in total. The highest BCUT2D eigenvalue weighted by atomic mass is 19.4. The molecule has 0 aliphatic rings. The number of hydrogen-bond acceptors (Lipinski definition) is 3. The van der Waals surface area contributed by atoms with Crippen LogP contribution in [0.3, 0.4) is 0 Å². The number of benzene rings is 1. The number of hydrogen-bond donors (Lipinski definition) is 1. The molecule has 0 fully saturated rings. The first-order valence-corrected chi connectivity index (χ1v) is 5.07. The fourth-order valence-corrected chi connectivity index (χ4v) is 1.22. The molecule has 0 unspecified atom stereocenters. The predicted octanol–water partition coefficient (Wildman–Crippen LogP) is 1.67. The van der Waals surface area contributed by atoms with E-state index >= 15 is 0 Å². The molecule has 0 bridgehead atoms. The van der Waals surface area contributed by atoms with Crippen LogP contribution < -0.4 is 10.5 Å². The third kappa shape index (κ3) is 4.94. The fraction of sp³-hybridized carbons (Fsp3) is 0.364. The second-order valence-electron chi connectivity index (χ2n) is 3.73. The van der Waals surface area contributed by atoms with Crippen LogP contribution in [0.25, 0.3) is 0 Å². The smallest absolute Gasteiger partial charge is 0.406 e. The minimum atomic E-state index is -4.42. The zero-order valence-electron chi connectivity index (χ0n) is 9.70. The van der Waals surface area contributed by atoms with Crippen LogP contribution in [0.15, 0.2) is 24.3 Å². The summed E-state index contributed by atoms with van der Waals surface area (Å²) >= 11 is 0. The molecule has 1 rings (SSSR count). The summed E-state index contributed by atoms with van der Waals surface area (Å²) in [6.45, 7) is -1.76. The normalized spacial score (nSPS) is 11.1. The minimum Gasteiger partial charge on any atom is -0.484 e. The molecule has 0 saturated heterocycles. The molecule has 0 spiro atoms. The van der Waals surface area contributed by atoms with E-state index in [1.807, 2.05) is 0 Å². The summed E-state index contributed by atoms with van der Waals surface area (Å²) < 4.78 is 41.1. The summed E-state index contributed by atoms with van der Waals surface area (Å²) in [5.41, 5.74) is 5.93. The van der Waals surface area contributed by atoms with E-state index in [2.05, 4.69) is 0 Å². The van der Waals surface area contributed by atoms with Crippen molar-refractivity contribution in [2.75, 3.05) is 25.9 Å². The number of amides is 1. The molecule has 0 atom stereocenters. The highest BCUT2D eigenvalue weighted by Gasteiger charge is 2.31. The van der Waals surface area contributed by atoms with Gasteiger partial charge < -0.3 is 15.4 Å². The van der Waals surface area contributed by atoms with Crippen molar-refractivity contribution in [3.8, 4) is 5.75 Å². The van der Waals surface area contributed by atoms with Gasteiger partial charge in [0.25, 0.3) is 5.91 Å². The van der Waals surface area contributed by atoms with Crippen LogP contribution in [0.5, 0.6) is 5.75 Å². The van der Waals surface area contributed by atoms with Gasteiger partial charge in [-0.2, -0.15) is 13.2 Å². The molecule has 0 aliphatic carbocycles. The monoisotopic (exact) mass is 262 g/mol. The average molecular weight is 262 g/mol. The largest absolute Gasteiger partial charge is 0.484 e. The Morgan fingerprint density at radius 3 is 2.67 bits per heavy atom. The summed E-state index contributed by atoms with van der Waals surface area (Å²) in [7, 11) is 1.07. The van der Waals surface area contributed by atoms with Gasteiger partial charge in [-0.05, 0) is 12.1 Å². The number of halogens is 3. The van der Waals surface area contributed by atoms with Crippen LogP contribution in [0.1, 0.15) is 0 Å². The molecule has 1 amide bonds. The Balaban J connectivity index is 2.46. The zero-order valence-corrected chi connectivity index (χ0v) is 9.70. The number of ether oxygens (including phenoxy) is 1. The Kier molecular flexibility index (Phi) is 4.41. The van der Waals surface area contributed by atoms with Crippen LogP contribution in [-0.4, -0.2) is 37.2 Å². The summed E-state index contributed by atoms with van der Waals surface area (Å²) in [4.78, 5) is 11.9. The van der Waals surface area contributed by atoms with Gasteiger partial charge >= 0.3 is 6.18 Å². The lowest BCUT2D eigenvalue weighted by Gasteiger charge is -2.19. The lowest BCUT2D eigenvalue weighted by atomic mass is 10.3. The van der Waals surface area contributed by atoms with E-state index in [9.17, 15) is 18.0 Å². The van der Waals surface area contributed by atoms with E-state index in [1.165, 1.54) is 6.07 Å². The summed E-state index contributed by atoms with van der Waals surface area (Å²) in [5, 5.41) is 0. The molecule has 7 heteroatoms. The van der Waals surface area contributed by atoms with Crippen LogP contribution in [0.4, 0.5) is 18.9 Å². The number of likely N-dealkylation sites (N-methyl/N-ethyl adjacent to an activating group) is 1. The Bertz CT molecular complexity index is 421. The Morgan fingerprint density at radius 2 is 2.11 bits per heavy atom. The first-order valence-electron chi connectivity index (χ1n) is 5.07. The molecule has 0 saturated carbocycles.